The van der Waals surface area contributed by atoms with Crippen molar-refractivity contribution < 1.29 is 4.79 Å². The van der Waals surface area contributed by atoms with Crippen LogP contribution >= 0.6 is 12.4 Å². The number of fused-ring (bicyclic) bond motifs is 1. The lowest BCUT2D eigenvalue weighted by atomic mass is 10.0. The molecule has 0 aliphatic heterocycles. The number of amides is 1. The number of hydrogen-bond donors (Lipinski definition) is 2. The topological polar surface area (TPSA) is 44.9 Å². The van der Waals surface area contributed by atoms with Gasteiger partial charge in [-0.3, -0.25) is 4.79 Å². The van der Waals surface area contributed by atoms with E-state index in [1.165, 1.54) is 0 Å². The van der Waals surface area contributed by atoms with Gasteiger partial charge in [0.1, 0.15) is 5.69 Å². The smallest absolute Gasteiger partial charge is 0.272 e. The maximum absolute atomic E-state index is 12.6. The number of nitrogens with one attached hydrogen (secondary N) is 2. The first-order valence-electron chi connectivity index (χ1n) is 7.85. The molecule has 0 saturated carbocycles. The molecule has 0 bridgehead atoms. The van der Waals surface area contributed by atoms with Crippen LogP contribution in [0, 0.1) is 0 Å². The molecule has 1 aromatic heterocycles. The number of rotatable bonds is 3. The van der Waals surface area contributed by atoms with Crippen molar-refractivity contribution in [3.05, 3.63) is 90.6 Å². The highest BCUT2D eigenvalue weighted by Crippen LogP contribution is 2.28. The summed E-state index contributed by atoms with van der Waals surface area (Å²) in [6.07, 6.45) is 0. The van der Waals surface area contributed by atoms with Crippen molar-refractivity contribution in [1.29, 1.82) is 0 Å². The Hall–Kier alpha value is -3.04. The summed E-state index contributed by atoms with van der Waals surface area (Å²) in [5.41, 5.74) is 4.39. The van der Waals surface area contributed by atoms with Crippen molar-refractivity contribution in [3.63, 3.8) is 0 Å². The lowest BCUT2D eigenvalue weighted by Crippen LogP contribution is -2.12. The second-order valence-corrected chi connectivity index (χ2v) is 5.64. The van der Waals surface area contributed by atoms with E-state index in [2.05, 4.69) is 10.3 Å². The fourth-order valence-corrected chi connectivity index (χ4v) is 2.85. The van der Waals surface area contributed by atoms with Crippen LogP contribution in [0.15, 0.2) is 84.9 Å². The highest BCUT2D eigenvalue weighted by molar-refractivity contribution is 6.07. The molecule has 0 radical (unpaired) electrons. The van der Waals surface area contributed by atoms with Crippen molar-refractivity contribution in [3.8, 4) is 11.1 Å². The summed E-state index contributed by atoms with van der Waals surface area (Å²) >= 11 is 0. The van der Waals surface area contributed by atoms with Crippen LogP contribution in [0.1, 0.15) is 10.5 Å². The van der Waals surface area contributed by atoms with Crippen molar-refractivity contribution in [2.24, 2.45) is 0 Å². The van der Waals surface area contributed by atoms with E-state index in [0.717, 1.165) is 27.7 Å². The van der Waals surface area contributed by atoms with Gasteiger partial charge in [-0.1, -0.05) is 66.7 Å². The summed E-state index contributed by atoms with van der Waals surface area (Å²) in [5, 5.41) is 4.04. The zero-order valence-corrected chi connectivity index (χ0v) is 14.2. The molecule has 3 aromatic carbocycles. The molecule has 0 unspecified atom stereocenters. The van der Waals surface area contributed by atoms with Gasteiger partial charge >= 0.3 is 0 Å². The number of anilines is 1. The zero-order chi connectivity index (χ0) is 16.4. The van der Waals surface area contributed by atoms with E-state index in [4.69, 9.17) is 0 Å². The summed E-state index contributed by atoms with van der Waals surface area (Å²) in [6.45, 7) is 0. The van der Waals surface area contributed by atoms with Crippen LogP contribution in [0.2, 0.25) is 0 Å². The average Bonchev–Trinajstić information content (AvgIpc) is 3.07. The molecule has 1 heterocycles. The highest BCUT2D eigenvalue weighted by atomic mass is 35.5. The lowest BCUT2D eigenvalue weighted by Gasteiger charge is -2.10. The molecule has 0 aliphatic carbocycles. The molecule has 0 atom stereocenters. The van der Waals surface area contributed by atoms with Gasteiger partial charge in [-0.05, 0) is 23.8 Å². The molecular formula is C21H17ClN2O. The number of benzene rings is 3. The van der Waals surface area contributed by atoms with E-state index in [1.807, 2.05) is 84.9 Å². The van der Waals surface area contributed by atoms with Crippen LogP contribution in [0.5, 0.6) is 0 Å². The van der Waals surface area contributed by atoms with Crippen LogP contribution < -0.4 is 5.32 Å². The standard InChI is InChI=1S/C21H16N2O.ClH/c24-21(20-14-16-10-4-6-12-18(16)22-20)23-19-13-7-5-11-17(19)15-8-2-1-3-9-15;/h1-14,22H,(H,23,24);1H. The number of aromatic nitrogens is 1. The van der Waals surface area contributed by atoms with Gasteiger partial charge in [-0.25, -0.2) is 0 Å². The Labute approximate surface area is 152 Å². The van der Waals surface area contributed by atoms with Crippen LogP contribution in [-0.4, -0.2) is 10.9 Å². The Kier molecular flexibility index (Phi) is 4.87. The number of carbonyl (C=O) groups excluding carboxylic acids is 1. The molecule has 4 heteroatoms. The predicted molar refractivity (Wildman–Crippen MR) is 105 cm³/mol. The molecule has 0 fully saturated rings. The van der Waals surface area contributed by atoms with E-state index in [1.54, 1.807) is 0 Å². The van der Waals surface area contributed by atoms with E-state index < -0.39 is 0 Å². The van der Waals surface area contributed by atoms with Crippen LogP contribution in [0.4, 0.5) is 5.69 Å². The average molecular weight is 349 g/mol. The molecule has 25 heavy (non-hydrogen) atoms. The number of carbonyl (C=O) groups is 1. The monoisotopic (exact) mass is 348 g/mol. The van der Waals surface area contributed by atoms with E-state index in [0.29, 0.717) is 5.69 Å². The normalized spacial score (nSPS) is 10.2. The number of H-pyrrole nitrogens is 1. The number of para-hydroxylation sites is 2. The number of hydrogen-bond acceptors (Lipinski definition) is 1. The van der Waals surface area contributed by atoms with Crippen LogP contribution in [-0.2, 0) is 0 Å². The maximum Gasteiger partial charge on any atom is 0.272 e. The SMILES string of the molecule is Cl.O=C(Nc1ccccc1-c1ccccc1)c1cc2ccccc2[nH]1. The quantitative estimate of drug-likeness (QED) is 0.504. The van der Waals surface area contributed by atoms with Crippen molar-refractivity contribution in [1.82, 2.24) is 4.98 Å². The van der Waals surface area contributed by atoms with Gasteiger partial charge in [0.25, 0.3) is 5.91 Å². The molecular weight excluding hydrogens is 332 g/mol. The van der Waals surface area contributed by atoms with Crippen molar-refractivity contribution in [2.45, 2.75) is 0 Å². The Morgan fingerprint density at radius 3 is 2.28 bits per heavy atom. The molecule has 0 saturated heterocycles. The second-order valence-electron chi connectivity index (χ2n) is 5.64. The maximum atomic E-state index is 12.6. The third kappa shape index (κ3) is 3.42. The fourth-order valence-electron chi connectivity index (χ4n) is 2.85. The van der Waals surface area contributed by atoms with Gasteiger partial charge < -0.3 is 10.3 Å². The van der Waals surface area contributed by atoms with E-state index in [9.17, 15) is 4.79 Å². The summed E-state index contributed by atoms with van der Waals surface area (Å²) in [7, 11) is 0. The highest BCUT2D eigenvalue weighted by Gasteiger charge is 2.12. The minimum absolute atomic E-state index is 0. The molecule has 1 amide bonds. The summed E-state index contributed by atoms with van der Waals surface area (Å²) in [6, 6.07) is 27.6. The Morgan fingerprint density at radius 2 is 1.48 bits per heavy atom. The Morgan fingerprint density at radius 1 is 0.800 bits per heavy atom. The molecule has 3 nitrogen and oxygen atoms in total. The summed E-state index contributed by atoms with van der Waals surface area (Å²) in [5.74, 6) is -0.144. The minimum Gasteiger partial charge on any atom is -0.351 e. The fraction of sp³-hybridized carbons (Fsp3) is 0. The van der Waals surface area contributed by atoms with Gasteiger partial charge in [0, 0.05) is 22.2 Å². The van der Waals surface area contributed by atoms with Crippen molar-refractivity contribution in [2.75, 3.05) is 5.32 Å². The minimum atomic E-state index is -0.144. The Bertz CT molecular complexity index is 976. The molecule has 0 spiro atoms. The first kappa shape index (κ1) is 16.8. The van der Waals surface area contributed by atoms with Gasteiger partial charge in [-0.15, -0.1) is 12.4 Å². The molecule has 2 N–H and O–H groups in total. The molecule has 4 rings (SSSR count). The second kappa shape index (κ2) is 7.24. The third-order valence-electron chi connectivity index (χ3n) is 4.03. The predicted octanol–water partition coefficient (Wildman–Crippen LogP) is 5.51. The zero-order valence-electron chi connectivity index (χ0n) is 13.4. The van der Waals surface area contributed by atoms with Gasteiger partial charge in [-0.2, -0.15) is 0 Å². The number of halogens is 1. The Balaban J connectivity index is 0.00000182. The first-order chi connectivity index (χ1) is 11.8. The molecule has 0 aliphatic rings. The molecule has 124 valence electrons. The number of aromatic amines is 1. The first-order valence-corrected chi connectivity index (χ1v) is 7.85. The third-order valence-corrected chi connectivity index (χ3v) is 4.03. The van der Waals surface area contributed by atoms with E-state index >= 15 is 0 Å². The van der Waals surface area contributed by atoms with Gasteiger partial charge in [0.05, 0.1) is 0 Å². The molecule has 4 aromatic rings. The van der Waals surface area contributed by atoms with Crippen LogP contribution in [0.3, 0.4) is 0 Å². The van der Waals surface area contributed by atoms with Crippen LogP contribution in [0.25, 0.3) is 22.0 Å². The van der Waals surface area contributed by atoms with Crippen molar-refractivity contribution >= 4 is 34.9 Å². The summed E-state index contributed by atoms with van der Waals surface area (Å²) in [4.78, 5) is 15.8. The lowest BCUT2D eigenvalue weighted by molar-refractivity contribution is 0.102. The summed E-state index contributed by atoms with van der Waals surface area (Å²) < 4.78 is 0. The van der Waals surface area contributed by atoms with Gasteiger partial charge in [0.2, 0.25) is 0 Å². The van der Waals surface area contributed by atoms with Gasteiger partial charge in [0.15, 0.2) is 0 Å². The largest absolute Gasteiger partial charge is 0.351 e. The van der Waals surface area contributed by atoms with E-state index in [-0.39, 0.29) is 18.3 Å².